The van der Waals surface area contributed by atoms with E-state index in [0.717, 1.165) is 12.1 Å². The van der Waals surface area contributed by atoms with E-state index in [9.17, 15) is 13.9 Å². The Labute approximate surface area is 110 Å². The summed E-state index contributed by atoms with van der Waals surface area (Å²) in [6, 6.07) is 3.56. The second kappa shape index (κ2) is 4.51. The summed E-state index contributed by atoms with van der Waals surface area (Å²) >= 11 is 0. The monoisotopic (exact) mass is 270 g/mol. The summed E-state index contributed by atoms with van der Waals surface area (Å²) in [6.45, 7) is 1.15. The first-order valence-corrected chi connectivity index (χ1v) is 6.49. The van der Waals surface area contributed by atoms with Gasteiger partial charge in [0.25, 0.3) is 0 Å². The normalized spacial score (nSPS) is 24.8. The van der Waals surface area contributed by atoms with Gasteiger partial charge in [0, 0.05) is 12.8 Å². The average Bonchev–Trinajstić information content (AvgIpc) is 2.86. The number of benzene rings is 1. The third-order valence-electron chi connectivity index (χ3n) is 4.11. The van der Waals surface area contributed by atoms with E-state index in [-0.39, 0.29) is 0 Å². The molecule has 1 heterocycles. The molecule has 2 aliphatic rings. The highest BCUT2D eigenvalue weighted by Crippen LogP contribution is 2.44. The molecule has 1 spiro atoms. The molecule has 1 N–H and O–H groups in total. The van der Waals surface area contributed by atoms with Crippen LogP contribution in [0.25, 0.3) is 0 Å². The van der Waals surface area contributed by atoms with Crippen LogP contribution in [0.2, 0.25) is 0 Å². The highest BCUT2D eigenvalue weighted by molar-refractivity contribution is 5.25. The average molecular weight is 270 g/mol. The fourth-order valence-electron chi connectivity index (χ4n) is 2.90. The van der Waals surface area contributed by atoms with Crippen molar-refractivity contribution in [2.24, 2.45) is 0 Å². The van der Waals surface area contributed by atoms with Crippen LogP contribution in [0.4, 0.5) is 8.78 Å². The molecule has 1 aromatic carbocycles. The third-order valence-corrected chi connectivity index (χ3v) is 4.11. The molecule has 5 heteroatoms. The van der Waals surface area contributed by atoms with Gasteiger partial charge >= 0.3 is 0 Å². The fourth-order valence-corrected chi connectivity index (χ4v) is 2.90. The van der Waals surface area contributed by atoms with Gasteiger partial charge in [-0.1, -0.05) is 6.07 Å². The van der Waals surface area contributed by atoms with E-state index in [0.29, 0.717) is 44.5 Å². The third kappa shape index (κ3) is 2.26. The number of rotatable bonds is 1. The highest BCUT2D eigenvalue weighted by atomic mass is 19.2. The summed E-state index contributed by atoms with van der Waals surface area (Å²) in [7, 11) is 0. The molecule has 1 aromatic rings. The predicted molar refractivity (Wildman–Crippen MR) is 63.4 cm³/mol. The van der Waals surface area contributed by atoms with E-state index in [4.69, 9.17) is 9.47 Å². The quantitative estimate of drug-likeness (QED) is 0.852. The van der Waals surface area contributed by atoms with Gasteiger partial charge in [0.2, 0.25) is 0 Å². The first-order valence-electron chi connectivity index (χ1n) is 6.49. The zero-order chi connectivity index (χ0) is 13.5. The summed E-state index contributed by atoms with van der Waals surface area (Å²) in [5.41, 5.74) is -0.714. The number of ether oxygens (including phenoxy) is 2. The maximum atomic E-state index is 13.3. The van der Waals surface area contributed by atoms with Crippen LogP contribution in [0.3, 0.4) is 0 Å². The van der Waals surface area contributed by atoms with Crippen LogP contribution in [0, 0.1) is 11.6 Å². The second-order valence-electron chi connectivity index (χ2n) is 5.27. The van der Waals surface area contributed by atoms with Crippen molar-refractivity contribution in [2.75, 3.05) is 13.2 Å². The Morgan fingerprint density at radius 2 is 1.58 bits per heavy atom. The van der Waals surface area contributed by atoms with Gasteiger partial charge in [0.1, 0.15) is 0 Å². The Morgan fingerprint density at radius 1 is 0.947 bits per heavy atom. The van der Waals surface area contributed by atoms with Gasteiger partial charge in [0.05, 0.1) is 18.8 Å². The summed E-state index contributed by atoms with van der Waals surface area (Å²) in [4.78, 5) is 0. The van der Waals surface area contributed by atoms with E-state index in [1.807, 2.05) is 0 Å². The van der Waals surface area contributed by atoms with Crippen LogP contribution < -0.4 is 0 Å². The Morgan fingerprint density at radius 3 is 2.16 bits per heavy atom. The molecule has 0 atom stereocenters. The molecule has 1 saturated heterocycles. The van der Waals surface area contributed by atoms with Gasteiger partial charge in [-0.15, -0.1) is 0 Å². The predicted octanol–water partition coefficient (Wildman–Crippen LogP) is 2.47. The largest absolute Gasteiger partial charge is 0.385 e. The van der Waals surface area contributed by atoms with E-state index >= 15 is 0 Å². The van der Waals surface area contributed by atoms with Crippen molar-refractivity contribution >= 4 is 0 Å². The molecule has 0 radical (unpaired) electrons. The van der Waals surface area contributed by atoms with E-state index < -0.39 is 23.0 Å². The molecule has 1 aliphatic carbocycles. The second-order valence-corrected chi connectivity index (χ2v) is 5.27. The lowest BCUT2D eigenvalue weighted by Crippen LogP contribution is -2.42. The van der Waals surface area contributed by atoms with Crippen LogP contribution in [0.5, 0.6) is 0 Å². The summed E-state index contributed by atoms with van der Waals surface area (Å²) in [6.07, 6.45) is 1.95. The van der Waals surface area contributed by atoms with Crippen molar-refractivity contribution in [3.63, 3.8) is 0 Å². The summed E-state index contributed by atoms with van der Waals surface area (Å²) < 4.78 is 37.4. The Hall–Kier alpha value is -1.04. The topological polar surface area (TPSA) is 38.7 Å². The van der Waals surface area contributed by atoms with Crippen LogP contribution in [-0.2, 0) is 15.1 Å². The van der Waals surface area contributed by atoms with Gasteiger partial charge < -0.3 is 14.6 Å². The van der Waals surface area contributed by atoms with E-state index in [1.165, 1.54) is 6.07 Å². The van der Waals surface area contributed by atoms with Crippen LogP contribution in [-0.4, -0.2) is 24.1 Å². The van der Waals surface area contributed by atoms with E-state index in [1.54, 1.807) is 0 Å². The molecule has 0 unspecified atom stereocenters. The maximum Gasteiger partial charge on any atom is 0.168 e. The zero-order valence-electron chi connectivity index (χ0n) is 10.5. The number of hydrogen-bond acceptors (Lipinski definition) is 3. The number of aliphatic hydroxyl groups is 1. The van der Waals surface area contributed by atoms with Crippen LogP contribution in [0.1, 0.15) is 31.2 Å². The van der Waals surface area contributed by atoms with Crippen molar-refractivity contribution in [3.8, 4) is 0 Å². The number of hydrogen-bond donors (Lipinski definition) is 1. The van der Waals surface area contributed by atoms with Crippen LogP contribution in [0.15, 0.2) is 18.2 Å². The lowest BCUT2D eigenvalue weighted by Gasteiger charge is -2.40. The van der Waals surface area contributed by atoms with Gasteiger partial charge in [-0.2, -0.15) is 0 Å². The van der Waals surface area contributed by atoms with Gasteiger partial charge in [-0.3, -0.25) is 0 Å². The summed E-state index contributed by atoms with van der Waals surface area (Å²) in [5.74, 6) is -2.41. The first kappa shape index (κ1) is 13.0. The van der Waals surface area contributed by atoms with Crippen molar-refractivity contribution in [2.45, 2.75) is 37.1 Å². The smallest absolute Gasteiger partial charge is 0.168 e. The fraction of sp³-hybridized carbons (Fsp3) is 0.571. The molecule has 3 rings (SSSR count). The molecule has 1 aliphatic heterocycles. The van der Waals surface area contributed by atoms with E-state index in [2.05, 4.69) is 0 Å². The van der Waals surface area contributed by atoms with Crippen molar-refractivity contribution in [3.05, 3.63) is 35.4 Å². The molecule has 0 bridgehead atoms. The molecular formula is C14H16F2O3. The SMILES string of the molecule is OC1(c2ccc(F)c(F)c2)CCC2(CC1)OCCO2. The zero-order valence-corrected chi connectivity index (χ0v) is 10.5. The van der Waals surface area contributed by atoms with Crippen molar-refractivity contribution in [1.29, 1.82) is 0 Å². The molecule has 19 heavy (non-hydrogen) atoms. The molecule has 0 aromatic heterocycles. The van der Waals surface area contributed by atoms with Crippen molar-refractivity contribution < 1.29 is 23.4 Å². The van der Waals surface area contributed by atoms with Crippen LogP contribution >= 0.6 is 0 Å². The van der Waals surface area contributed by atoms with Gasteiger partial charge in [-0.05, 0) is 30.5 Å². The lowest BCUT2D eigenvalue weighted by molar-refractivity contribution is -0.204. The maximum absolute atomic E-state index is 13.3. The minimum atomic E-state index is -1.13. The molecule has 104 valence electrons. The molecule has 0 amide bonds. The highest BCUT2D eigenvalue weighted by Gasteiger charge is 2.46. The summed E-state index contributed by atoms with van der Waals surface area (Å²) in [5, 5.41) is 10.6. The first-order chi connectivity index (χ1) is 9.03. The Kier molecular flexibility index (Phi) is 3.08. The molecule has 3 nitrogen and oxygen atoms in total. The standard InChI is InChI=1S/C14H16F2O3/c15-11-2-1-10(9-12(11)16)13(17)3-5-14(6-4-13)18-7-8-19-14/h1-2,9,17H,3-8H2. The van der Waals surface area contributed by atoms with Gasteiger partial charge in [0.15, 0.2) is 17.4 Å². The Bertz CT molecular complexity index is 474. The van der Waals surface area contributed by atoms with Crippen molar-refractivity contribution in [1.82, 2.24) is 0 Å². The Balaban J connectivity index is 1.79. The molecule has 2 fully saturated rings. The molecule has 1 saturated carbocycles. The minimum absolute atomic E-state index is 0.415. The van der Waals surface area contributed by atoms with Gasteiger partial charge in [-0.25, -0.2) is 8.78 Å². The minimum Gasteiger partial charge on any atom is -0.385 e. The number of halogens is 2. The lowest BCUT2D eigenvalue weighted by atomic mass is 9.77. The molecular weight excluding hydrogens is 254 g/mol.